The minimum Gasteiger partial charge on any atom is -0.461 e. The van der Waals surface area contributed by atoms with Gasteiger partial charge in [0.05, 0.1) is 0 Å². The molecule has 0 bridgehead atoms. The van der Waals surface area contributed by atoms with Crippen LogP contribution in [0.2, 0.25) is 0 Å². The van der Waals surface area contributed by atoms with Crippen molar-refractivity contribution in [3.05, 3.63) is 125 Å². The molecular formula is C31H23FN2O3. The van der Waals surface area contributed by atoms with Crippen molar-refractivity contribution in [3.8, 4) is 11.3 Å². The van der Waals surface area contributed by atoms with Crippen molar-refractivity contribution < 1.29 is 18.4 Å². The molecule has 6 rings (SSSR count). The lowest BCUT2D eigenvalue weighted by Gasteiger charge is -2.26. The highest BCUT2D eigenvalue weighted by molar-refractivity contribution is 6.07. The normalized spacial score (nSPS) is 12.8. The zero-order chi connectivity index (χ0) is 25.4. The molecule has 0 atom stereocenters. The number of amides is 2. The standard InChI is InChI=1S/C31H23FN2O3/c32-24-10-3-9-22(16-24)30(35)33-25-11-4-8-21(17-25)29-18-23-19-34(15-14-28(23)37-29)31(36)27-13-5-7-20-6-1-2-12-26(20)27/h1-13,16-18H,14-15,19H2,(H,33,35). The summed E-state index contributed by atoms with van der Waals surface area (Å²) in [6, 6.07) is 28.6. The predicted octanol–water partition coefficient (Wildman–Crippen LogP) is 6.69. The molecule has 1 N–H and O–H groups in total. The summed E-state index contributed by atoms with van der Waals surface area (Å²) in [7, 11) is 0. The summed E-state index contributed by atoms with van der Waals surface area (Å²) in [5, 5.41) is 4.80. The highest BCUT2D eigenvalue weighted by Crippen LogP contribution is 2.32. The number of benzene rings is 4. The van der Waals surface area contributed by atoms with E-state index in [4.69, 9.17) is 4.42 Å². The van der Waals surface area contributed by atoms with Crippen LogP contribution in [0.25, 0.3) is 22.1 Å². The first-order valence-corrected chi connectivity index (χ1v) is 12.1. The number of halogens is 1. The molecule has 0 aliphatic carbocycles. The second-order valence-corrected chi connectivity index (χ2v) is 9.11. The fraction of sp³-hybridized carbons (Fsp3) is 0.0968. The number of carbonyl (C=O) groups is 2. The van der Waals surface area contributed by atoms with Crippen LogP contribution in [0, 0.1) is 5.82 Å². The van der Waals surface area contributed by atoms with E-state index < -0.39 is 11.7 Å². The number of hydrogen-bond acceptors (Lipinski definition) is 3. The number of nitrogens with zero attached hydrogens (tertiary/aromatic N) is 1. The van der Waals surface area contributed by atoms with E-state index in [0.29, 0.717) is 36.5 Å². The van der Waals surface area contributed by atoms with Gasteiger partial charge in [-0.1, -0.05) is 54.6 Å². The van der Waals surface area contributed by atoms with Crippen molar-refractivity contribution in [2.24, 2.45) is 0 Å². The molecule has 1 aliphatic heterocycles. The van der Waals surface area contributed by atoms with E-state index in [-0.39, 0.29) is 11.5 Å². The molecule has 0 spiro atoms. The van der Waals surface area contributed by atoms with Crippen LogP contribution in [-0.4, -0.2) is 23.3 Å². The summed E-state index contributed by atoms with van der Waals surface area (Å²) in [5.74, 6) is 0.693. The smallest absolute Gasteiger partial charge is 0.255 e. The number of anilines is 1. The van der Waals surface area contributed by atoms with E-state index in [2.05, 4.69) is 5.32 Å². The summed E-state index contributed by atoms with van der Waals surface area (Å²) >= 11 is 0. The van der Waals surface area contributed by atoms with Crippen LogP contribution in [0.1, 0.15) is 32.0 Å². The van der Waals surface area contributed by atoms with Gasteiger partial charge in [-0.15, -0.1) is 0 Å². The number of hydrogen-bond donors (Lipinski definition) is 1. The average Bonchev–Trinajstić information content (AvgIpc) is 3.36. The Morgan fingerprint density at radius 3 is 2.57 bits per heavy atom. The second-order valence-electron chi connectivity index (χ2n) is 9.11. The van der Waals surface area contributed by atoms with Crippen LogP contribution in [0.3, 0.4) is 0 Å². The minimum absolute atomic E-state index is 0.00672. The molecule has 2 amide bonds. The molecule has 5 aromatic rings. The van der Waals surface area contributed by atoms with Gasteiger partial charge in [-0.3, -0.25) is 9.59 Å². The Labute approximate surface area is 213 Å². The van der Waals surface area contributed by atoms with E-state index in [9.17, 15) is 14.0 Å². The van der Waals surface area contributed by atoms with Gasteiger partial charge in [-0.25, -0.2) is 4.39 Å². The molecule has 37 heavy (non-hydrogen) atoms. The van der Waals surface area contributed by atoms with E-state index in [1.807, 2.05) is 71.6 Å². The summed E-state index contributed by atoms with van der Waals surface area (Å²) < 4.78 is 19.6. The molecule has 182 valence electrons. The maximum absolute atomic E-state index is 13.5. The predicted molar refractivity (Wildman–Crippen MR) is 141 cm³/mol. The monoisotopic (exact) mass is 490 g/mol. The first kappa shape index (κ1) is 22.7. The Hall–Kier alpha value is -4.71. The molecule has 6 heteroatoms. The van der Waals surface area contributed by atoms with Gasteiger partial charge < -0.3 is 14.6 Å². The molecule has 0 saturated carbocycles. The Morgan fingerprint density at radius 1 is 0.865 bits per heavy atom. The van der Waals surface area contributed by atoms with Gasteiger partial charge in [0.2, 0.25) is 0 Å². The van der Waals surface area contributed by atoms with Gasteiger partial charge in [-0.05, 0) is 53.2 Å². The van der Waals surface area contributed by atoms with E-state index in [1.165, 1.54) is 18.2 Å². The van der Waals surface area contributed by atoms with Crippen molar-refractivity contribution >= 4 is 28.3 Å². The van der Waals surface area contributed by atoms with Crippen LogP contribution in [0.5, 0.6) is 0 Å². The third-order valence-electron chi connectivity index (χ3n) is 6.67. The molecule has 1 aliphatic rings. The van der Waals surface area contributed by atoms with Gasteiger partial charge >= 0.3 is 0 Å². The Bertz CT molecular complexity index is 1650. The van der Waals surface area contributed by atoms with Crippen LogP contribution < -0.4 is 5.32 Å². The summed E-state index contributed by atoms with van der Waals surface area (Å²) in [5.41, 5.74) is 3.30. The lowest BCUT2D eigenvalue weighted by molar-refractivity contribution is 0.0732. The van der Waals surface area contributed by atoms with Crippen LogP contribution in [-0.2, 0) is 13.0 Å². The molecular weight excluding hydrogens is 467 g/mol. The maximum Gasteiger partial charge on any atom is 0.255 e. The average molecular weight is 491 g/mol. The summed E-state index contributed by atoms with van der Waals surface area (Å²) in [6.07, 6.45) is 0.627. The fourth-order valence-corrected chi connectivity index (χ4v) is 4.81. The first-order valence-electron chi connectivity index (χ1n) is 12.1. The van der Waals surface area contributed by atoms with Crippen molar-refractivity contribution in [3.63, 3.8) is 0 Å². The Balaban J connectivity index is 1.21. The van der Waals surface area contributed by atoms with Crippen LogP contribution in [0.15, 0.2) is 101 Å². The lowest BCUT2D eigenvalue weighted by atomic mass is 10.0. The lowest BCUT2D eigenvalue weighted by Crippen LogP contribution is -2.35. The molecule has 0 saturated heterocycles. The topological polar surface area (TPSA) is 62.6 Å². The molecule has 2 heterocycles. The fourth-order valence-electron chi connectivity index (χ4n) is 4.81. The number of furan rings is 1. The van der Waals surface area contributed by atoms with E-state index in [0.717, 1.165) is 27.7 Å². The molecule has 4 aromatic carbocycles. The van der Waals surface area contributed by atoms with Gasteiger partial charge in [0.25, 0.3) is 11.8 Å². The third-order valence-corrected chi connectivity index (χ3v) is 6.67. The maximum atomic E-state index is 13.5. The summed E-state index contributed by atoms with van der Waals surface area (Å²) in [6.45, 7) is 1.04. The quantitative estimate of drug-likeness (QED) is 0.305. The van der Waals surface area contributed by atoms with Crippen LogP contribution >= 0.6 is 0 Å². The second kappa shape index (κ2) is 9.39. The highest BCUT2D eigenvalue weighted by atomic mass is 19.1. The Kier molecular flexibility index (Phi) is 5.77. The molecule has 0 radical (unpaired) electrons. The summed E-state index contributed by atoms with van der Waals surface area (Å²) in [4.78, 5) is 27.8. The van der Waals surface area contributed by atoms with Gasteiger partial charge in [0, 0.05) is 47.5 Å². The number of carbonyl (C=O) groups excluding carboxylic acids is 2. The number of nitrogens with one attached hydrogen (secondary N) is 1. The molecule has 0 fully saturated rings. The van der Waals surface area contributed by atoms with Crippen molar-refractivity contribution in [2.75, 3.05) is 11.9 Å². The highest BCUT2D eigenvalue weighted by Gasteiger charge is 2.26. The molecule has 1 aromatic heterocycles. The number of fused-ring (bicyclic) bond motifs is 2. The minimum atomic E-state index is -0.462. The molecule has 5 nitrogen and oxygen atoms in total. The van der Waals surface area contributed by atoms with Gasteiger partial charge in [-0.2, -0.15) is 0 Å². The SMILES string of the molecule is O=C(Nc1cccc(-c2cc3c(o2)CCN(C(=O)c2cccc4ccccc24)C3)c1)c1cccc(F)c1. The van der Waals surface area contributed by atoms with Gasteiger partial charge in [0.15, 0.2) is 0 Å². The van der Waals surface area contributed by atoms with E-state index >= 15 is 0 Å². The van der Waals surface area contributed by atoms with Crippen LogP contribution in [0.4, 0.5) is 10.1 Å². The zero-order valence-corrected chi connectivity index (χ0v) is 19.9. The van der Waals surface area contributed by atoms with E-state index in [1.54, 1.807) is 12.1 Å². The van der Waals surface area contributed by atoms with Crippen molar-refractivity contribution in [1.29, 1.82) is 0 Å². The third kappa shape index (κ3) is 4.49. The molecule has 0 unspecified atom stereocenters. The first-order chi connectivity index (χ1) is 18.0. The van der Waals surface area contributed by atoms with Crippen molar-refractivity contribution in [1.82, 2.24) is 4.90 Å². The number of rotatable bonds is 4. The van der Waals surface area contributed by atoms with Crippen molar-refractivity contribution in [2.45, 2.75) is 13.0 Å². The van der Waals surface area contributed by atoms with Gasteiger partial charge in [0.1, 0.15) is 17.3 Å². The zero-order valence-electron chi connectivity index (χ0n) is 19.9. The Morgan fingerprint density at radius 2 is 1.68 bits per heavy atom. The largest absolute Gasteiger partial charge is 0.461 e.